The highest BCUT2D eigenvalue weighted by Crippen LogP contribution is 2.43. The Labute approximate surface area is 294 Å². The molecule has 3 nitrogen and oxygen atoms in total. The lowest BCUT2D eigenvalue weighted by Crippen LogP contribution is -2.00. The van der Waals surface area contributed by atoms with E-state index in [1.807, 2.05) is 85.0 Å². The zero-order valence-electron chi connectivity index (χ0n) is 28.8. The highest BCUT2D eigenvalue weighted by molar-refractivity contribution is 7.26. The number of rotatable bonds is 7. The molecule has 0 N–H and O–H groups in total. The fourth-order valence-corrected chi connectivity index (χ4v) is 7.07. The van der Waals surface area contributed by atoms with Gasteiger partial charge < -0.3 is 0 Å². The predicted octanol–water partition coefficient (Wildman–Crippen LogP) is 13.2. The third kappa shape index (κ3) is 7.51. The summed E-state index contributed by atoms with van der Waals surface area (Å²) in [6, 6.07) is 42.0. The molecule has 0 aliphatic carbocycles. The van der Waals surface area contributed by atoms with E-state index < -0.39 is 0 Å². The predicted molar refractivity (Wildman–Crippen MR) is 213 cm³/mol. The van der Waals surface area contributed by atoms with Gasteiger partial charge in [-0.25, -0.2) is 15.0 Å². The van der Waals surface area contributed by atoms with Gasteiger partial charge in [-0.2, -0.15) is 0 Å². The maximum absolute atomic E-state index is 4.95. The third-order valence-corrected chi connectivity index (χ3v) is 9.93. The van der Waals surface area contributed by atoms with E-state index in [1.165, 1.54) is 42.4 Å². The van der Waals surface area contributed by atoms with Crippen molar-refractivity contribution in [3.8, 4) is 45.3 Å². The lowest BCUT2D eigenvalue weighted by atomic mass is 9.99. The van der Waals surface area contributed by atoms with Crippen molar-refractivity contribution in [2.75, 3.05) is 0 Å². The summed E-state index contributed by atoms with van der Waals surface area (Å²) in [5, 5.41) is 2.59. The first-order chi connectivity index (χ1) is 24.0. The Hall–Kier alpha value is -5.45. The summed E-state index contributed by atoms with van der Waals surface area (Å²) in [7, 11) is 0. The van der Waals surface area contributed by atoms with Crippen molar-refractivity contribution in [3.63, 3.8) is 0 Å². The molecule has 0 fully saturated rings. The van der Waals surface area contributed by atoms with Crippen LogP contribution in [0.3, 0.4) is 0 Å². The standard InChI is InChI=1S/C37H27N3S.C8H14/c1-3-24(2)29-19-11-21-31-32-22-12-20-30(34(32)41-33(29)31)27-17-10-18-28(23-27)37-39-35(25-13-6-4-7-14-25)38-36(40-37)26-15-8-5-9-16-26;1-4-6-7-8(3)5-2/h3-23H,1-2H3;4,6-7H,5H2,1-3H3/b24-3+;6-4-,8-7+. The second-order valence-electron chi connectivity index (χ2n) is 11.9. The van der Waals surface area contributed by atoms with Gasteiger partial charge in [0, 0.05) is 36.9 Å². The minimum absolute atomic E-state index is 0.661. The largest absolute Gasteiger partial charge is 0.208 e. The molecule has 0 bridgehead atoms. The van der Waals surface area contributed by atoms with E-state index in [2.05, 4.69) is 107 Å². The summed E-state index contributed by atoms with van der Waals surface area (Å²) in [4.78, 5) is 14.7. The number of hydrogen-bond donors (Lipinski definition) is 0. The number of hydrogen-bond acceptors (Lipinski definition) is 4. The summed E-state index contributed by atoms with van der Waals surface area (Å²) in [5.41, 5.74) is 9.29. The van der Waals surface area contributed by atoms with Crippen molar-refractivity contribution < 1.29 is 0 Å². The molecule has 0 saturated carbocycles. The van der Waals surface area contributed by atoms with Crippen LogP contribution in [0.5, 0.6) is 0 Å². The smallest absolute Gasteiger partial charge is 0.164 e. The van der Waals surface area contributed by atoms with E-state index in [1.54, 1.807) is 0 Å². The lowest BCUT2D eigenvalue weighted by molar-refractivity contribution is 1.07. The van der Waals surface area contributed by atoms with Crippen LogP contribution in [0, 0.1) is 0 Å². The zero-order valence-corrected chi connectivity index (χ0v) is 29.6. The van der Waals surface area contributed by atoms with Gasteiger partial charge in [0.05, 0.1) is 0 Å². The number of nitrogens with zero attached hydrogens (tertiary/aromatic N) is 3. The summed E-state index contributed by atoms with van der Waals surface area (Å²) >= 11 is 1.87. The summed E-state index contributed by atoms with van der Waals surface area (Å²) < 4.78 is 2.63. The summed E-state index contributed by atoms with van der Waals surface area (Å²) in [6.07, 6.45) is 9.59. The molecule has 2 aromatic heterocycles. The molecule has 7 rings (SSSR count). The summed E-state index contributed by atoms with van der Waals surface area (Å²) in [5.74, 6) is 1.99. The van der Waals surface area contributed by atoms with Crippen LogP contribution in [0.4, 0.5) is 0 Å². The van der Waals surface area contributed by atoms with Gasteiger partial charge in [0.25, 0.3) is 0 Å². The maximum atomic E-state index is 4.95. The van der Waals surface area contributed by atoms with Crippen LogP contribution in [0.25, 0.3) is 71.0 Å². The van der Waals surface area contributed by atoms with Crippen LogP contribution >= 0.6 is 11.3 Å². The third-order valence-electron chi connectivity index (χ3n) is 8.64. The van der Waals surface area contributed by atoms with Crippen molar-refractivity contribution in [3.05, 3.63) is 157 Å². The van der Waals surface area contributed by atoms with Crippen LogP contribution in [0.15, 0.2) is 151 Å². The number of thiophene rings is 1. The highest BCUT2D eigenvalue weighted by Gasteiger charge is 2.16. The minimum Gasteiger partial charge on any atom is -0.208 e. The average molecular weight is 656 g/mol. The Morgan fingerprint density at radius 2 is 1.12 bits per heavy atom. The Morgan fingerprint density at radius 3 is 1.71 bits per heavy atom. The molecule has 0 radical (unpaired) electrons. The first-order valence-electron chi connectivity index (χ1n) is 16.8. The van der Waals surface area contributed by atoms with Gasteiger partial charge in [-0.3, -0.25) is 0 Å². The Balaban J connectivity index is 0.000000466. The van der Waals surface area contributed by atoms with Gasteiger partial charge in [0.15, 0.2) is 17.5 Å². The number of fused-ring (bicyclic) bond motifs is 3. The first-order valence-corrected chi connectivity index (χ1v) is 17.7. The average Bonchev–Trinajstić information content (AvgIpc) is 3.56. The summed E-state index contributed by atoms with van der Waals surface area (Å²) in [6.45, 7) is 10.6. The molecule has 0 spiro atoms. The van der Waals surface area contributed by atoms with Gasteiger partial charge >= 0.3 is 0 Å². The Bertz CT molecular complexity index is 2240. The second-order valence-corrected chi connectivity index (χ2v) is 13.0. The minimum atomic E-state index is 0.661. The van der Waals surface area contributed by atoms with Gasteiger partial charge in [-0.05, 0) is 62.4 Å². The van der Waals surface area contributed by atoms with Crippen LogP contribution in [0.2, 0.25) is 0 Å². The zero-order chi connectivity index (χ0) is 34.2. The number of allylic oxidation sites excluding steroid dienone is 6. The molecular formula is C45H41N3S. The van der Waals surface area contributed by atoms with Crippen molar-refractivity contribution in [2.24, 2.45) is 0 Å². The molecule has 0 aliphatic heterocycles. The molecule has 242 valence electrons. The molecule has 0 aliphatic rings. The van der Waals surface area contributed by atoms with Crippen molar-refractivity contribution in [1.82, 2.24) is 15.0 Å². The quantitative estimate of drug-likeness (QED) is 0.160. The molecule has 49 heavy (non-hydrogen) atoms. The van der Waals surface area contributed by atoms with Crippen LogP contribution in [-0.2, 0) is 0 Å². The van der Waals surface area contributed by atoms with E-state index in [4.69, 9.17) is 15.0 Å². The topological polar surface area (TPSA) is 38.7 Å². The molecule has 0 unspecified atom stereocenters. The van der Waals surface area contributed by atoms with Gasteiger partial charge in [0.1, 0.15) is 0 Å². The van der Waals surface area contributed by atoms with Gasteiger partial charge in [-0.15, -0.1) is 11.3 Å². The Kier molecular flexibility index (Phi) is 10.7. The number of benzene rings is 5. The number of aromatic nitrogens is 3. The van der Waals surface area contributed by atoms with E-state index in [0.717, 1.165) is 28.7 Å². The molecule has 0 amide bonds. The molecule has 2 heterocycles. The van der Waals surface area contributed by atoms with Crippen LogP contribution in [0.1, 0.15) is 46.6 Å². The second kappa shape index (κ2) is 15.6. The normalized spacial score (nSPS) is 12.0. The molecule has 0 atom stereocenters. The molecule has 4 heteroatoms. The maximum Gasteiger partial charge on any atom is 0.164 e. The highest BCUT2D eigenvalue weighted by atomic mass is 32.1. The fourth-order valence-electron chi connectivity index (χ4n) is 5.66. The van der Waals surface area contributed by atoms with E-state index in [-0.39, 0.29) is 0 Å². The van der Waals surface area contributed by atoms with Crippen LogP contribution < -0.4 is 0 Å². The molecule has 5 aromatic carbocycles. The van der Waals surface area contributed by atoms with E-state index in [9.17, 15) is 0 Å². The van der Waals surface area contributed by atoms with E-state index >= 15 is 0 Å². The van der Waals surface area contributed by atoms with Crippen molar-refractivity contribution in [2.45, 2.75) is 41.0 Å². The van der Waals surface area contributed by atoms with Crippen molar-refractivity contribution >= 4 is 37.1 Å². The SMILES string of the molecule is C/C=C(\C)c1cccc2c1sc1c(-c3cccc(-c4nc(-c5ccccc5)nc(-c5ccccc5)n4)c3)cccc12.C/C=C\C=C(/C)CC. The molecular weight excluding hydrogens is 615 g/mol. The van der Waals surface area contributed by atoms with E-state index in [0.29, 0.717) is 17.5 Å². The molecule has 0 saturated heterocycles. The van der Waals surface area contributed by atoms with Gasteiger partial charge in [0.2, 0.25) is 0 Å². The lowest BCUT2D eigenvalue weighted by Gasteiger charge is -2.10. The van der Waals surface area contributed by atoms with Crippen molar-refractivity contribution in [1.29, 1.82) is 0 Å². The van der Waals surface area contributed by atoms with Crippen LogP contribution in [-0.4, -0.2) is 15.0 Å². The molecule has 7 aromatic rings. The monoisotopic (exact) mass is 655 g/mol. The first kappa shape index (κ1) is 33.5. The fraction of sp³-hybridized carbons (Fsp3) is 0.133. The van der Waals surface area contributed by atoms with Gasteiger partial charge in [-0.1, -0.05) is 152 Å². The Morgan fingerprint density at radius 1 is 0.592 bits per heavy atom.